The van der Waals surface area contributed by atoms with Crippen LogP contribution in [-0.2, 0) is 4.79 Å². The average Bonchev–Trinajstić information content (AvgIpc) is 2.71. The summed E-state index contributed by atoms with van der Waals surface area (Å²) in [5, 5.41) is 6.23. The molecule has 0 heterocycles. The summed E-state index contributed by atoms with van der Waals surface area (Å²) < 4.78 is 10.7. The van der Waals surface area contributed by atoms with E-state index in [0.717, 1.165) is 11.4 Å². The number of nitrogens with one attached hydrogen (secondary N) is 2. The van der Waals surface area contributed by atoms with Crippen LogP contribution >= 0.6 is 0 Å². The van der Waals surface area contributed by atoms with Crippen molar-refractivity contribution in [2.24, 2.45) is 0 Å². The zero-order valence-electron chi connectivity index (χ0n) is 16.3. The number of anilines is 3. The summed E-state index contributed by atoms with van der Waals surface area (Å²) >= 11 is 0. The van der Waals surface area contributed by atoms with E-state index in [1.165, 1.54) is 11.1 Å². The van der Waals surface area contributed by atoms with Crippen molar-refractivity contribution in [3.8, 4) is 11.5 Å². The molecule has 0 aromatic heterocycles. The number of hydrogen-bond acceptors (Lipinski definition) is 4. The van der Waals surface area contributed by atoms with Crippen molar-refractivity contribution in [1.29, 1.82) is 0 Å². The summed E-state index contributed by atoms with van der Waals surface area (Å²) in [6.45, 7) is 4.09. The molecule has 144 valence electrons. The summed E-state index contributed by atoms with van der Waals surface area (Å²) in [4.78, 5) is 12.2. The van der Waals surface area contributed by atoms with E-state index >= 15 is 0 Å². The molecule has 0 fully saturated rings. The molecule has 28 heavy (non-hydrogen) atoms. The summed E-state index contributed by atoms with van der Waals surface area (Å²) in [7, 11) is 1.57. The normalized spacial score (nSPS) is 10.2. The van der Waals surface area contributed by atoms with Gasteiger partial charge in [0, 0.05) is 17.1 Å². The number of amides is 1. The second-order valence-corrected chi connectivity index (χ2v) is 6.44. The molecule has 0 saturated heterocycles. The van der Waals surface area contributed by atoms with Crippen LogP contribution in [0.5, 0.6) is 11.5 Å². The molecule has 0 atom stereocenters. The van der Waals surface area contributed by atoms with Gasteiger partial charge in [0.25, 0.3) is 5.91 Å². The van der Waals surface area contributed by atoms with Gasteiger partial charge in [-0.1, -0.05) is 24.3 Å². The van der Waals surface area contributed by atoms with Crippen molar-refractivity contribution < 1.29 is 14.3 Å². The van der Waals surface area contributed by atoms with Crippen molar-refractivity contribution in [1.82, 2.24) is 0 Å². The van der Waals surface area contributed by atoms with E-state index in [4.69, 9.17) is 9.47 Å². The number of hydrogen-bond donors (Lipinski definition) is 2. The van der Waals surface area contributed by atoms with Crippen LogP contribution in [0.4, 0.5) is 17.1 Å². The molecule has 5 heteroatoms. The molecule has 0 spiro atoms. The largest absolute Gasteiger partial charge is 0.493 e. The number of ether oxygens (including phenoxy) is 2. The van der Waals surface area contributed by atoms with Gasteiger partial charge in [0.15, 0.2) is 18.1 Å². The van der Waals surface area contributed by atoms with E-state index in [0.29, 0.717) is 17.2 Å². The number of carbonyl (C=O) groups is 1. The Bertz CT molecular complexity index is 952. The highest BCUT2D eigenvalue weighted by Gasteiger charge is 2.08. The first-order chi connectivity index (χ1) is 13.6. The molecule has 3 rings (SSSR count). The van der Waals surface area contributed by atoms with Crippen LogP contribution < -0.4 is 20.1 Å². The smallest absolute Gasteiger partial charge is 0.262 e. The van der Waals surface area contributed by atoms with Crippen molar-refractivity contribution >= 4 is 23.0 Å². The zero-order valence-corrected chi connectivity index (χ0v) is 16.3. The van der Waals surface area contributed by atoms with E-state index in [1.54, 1.807) is 19.2 Å². The lowest BCUT2D eigenvalue weighted by Gasteiger charge is -2.13. The van der Waals surface area contributed by atoms with Gasteiger partial charge in [-0.2, -0.15) is 0 Å². The van der Waals surface area contributed by atoms with Crippen LogP contribution in [0.3, 0.4) is 0 Å². The van der Waals surface area contributed by atoms with E-state index < -0.39 is 0 Å². The summed E-state index contributed by atoms with van der Waals surface area (Å²) in [6.07, 6.45) is 0. The van der Waals surface area contributed by atoms with E-state index in [1.807, 2.05) is 48.5 Å². The second kappa shape index (κ2) is 8.95. The Morgan fingerprint density at radius 3 is 2.25 bits per heavy atom. The van der Waals surface area contributed by atoms with Crippen LogP contribution in [0.25, 0.3) is 0 Å². The van der Waals surface area contributed by atoms with Gasteiger partial charge in [0.05, 0.1) is 7.11 Å². The van der Waals surface area contributed by atoms with Gasteiger partial charge >= 0.3 is 0 Å². The highest BCUT2D eigenvalue weighted by Crippen LogP contribution is 2.26. The summed E-state index contributed by atoms with van der Waals surface area (Å²) in [5.41, 5.74) is 5.19. The fraction of sp³-hybridized carbons (Fsp3) is 0.174. The highest BCUT2D eigenvalue weighted by atomic mass is 16.5. The molecule has 1 amide bonds. The summed E-state index contributed by atoms with van der Waals surface area (Å²) in [6, 6.07) is 21.0. The molecule has 0 aliphatic heterocycles. The lowest BCUT2D eigenvalue weighted by atomic mass is 10.1. The minimum absolute atomic E-state index is 0.0944. The minimum Gasteiger partial charge on any atom is -0.493 e. The van der Waals surface area contributed by atoms with Gasteiger partial charge in [-0.05, 0) is 67.4 Å². The molecule has 0 bridgehead atoms. The lowest BCUT2D eigenvalue weighted by molar-refractivity contribution is -0.118. The molecule has 0 unspecified atom stereocenters. The Kier molecular flexibility index (Phi) is 6.17. The maximum atomic E-state index is 12.2. The van der Waals surface area contributed by atoms with E-state index in [9.17, 15) is 4.79 Å². The number of benzene rings is 3. The number of rotatable bonds is 7. The molecule has 0 radical (unpaired) electrons. The maximum Gasteiger partial charge on any atom is 0.262 e. The Hall–Kier alpha value is -3.47. The maximum absolute atomic E-state index is 12.2. The van der Waals surface area contributed by atoms with Crippen molar-refractivity contribution in [3.05, 3.63) is 77.9 Å². The average molecular weight is 376 g/mol. The Morgan fingerprint density at radius 2 is 1.54 bits per heavy atom. The molecule has 0 aliphatic carbocycles. The fourth-order valence-electron chi connectivity index (χ4n) is 2.76. The Balaban J connectivity index is 1.56. The van der Waals surface area contributed by atoms with Gasteiger partial charge in [-0.25, -0.2) is 0 Å². The molecular weight excluding hydrogens is 352 g/mol. The first kappa shape index (κ1) is 19.3. The van der Waals surface area contributed by atoms with E-state index in [-0.39, 0.29) is 12.5 Å². The zero-order chi connectivity index (χ0) is 19.9. The lowest BCUT2D eigenvalue weighted by Crippen LogP contribution is -2.20. The molecule has 3 aromatic carbocycles. The van der Waals surface area contributed by atoms with Gasteiger partial charge in [-0.15, -0.1) is 0 Å². The highest BCUT2D eigenvalue weighted by molar-refractivity contribution is 5.92. The first-order valence-electron chi connectivity index (χ1n) is 9.06. The van der Waals surface area contributed by atoms with Crippen LogP contribution in [-0.4, -0.2) is 19.6 Å². The van der Waals surface area contributed by atoms with Gasteiger partial charge in [-0.3, -0.25) is 4.79 Å². The minimum atomic E-state index is -0.235. The summed E-state index contributed by atoms with van der Waals surface area (Å²) in [5.74, 6) is 0.895. The molecule has 5 nitrogen and oxygen atoms in total. The van der Waals surface area contributed by atoms with E-state index in [2.05, 4.69) is 30.5 Å². The number of aryl methyl sites for hydroxylation is 1. The number of para-hydroxylation sites is 2. The molecular formula is C23H24N2O3. The first-order valence-corrected chi connectivity index (χ1v) is 9.06. The predicted molar refractivity (Wildman–Crippen MR) is 113 cm³/mol. The van der Waals surface area contributed by atoms with Crippen LogP contribution in [0, 0.1) is 13.8 Å². The quantitative estimate of drug-likeness (QED) is 0.604. The Morgan fingerprint density at radius 1 is 0.857 bits per heavy atom. The van der Waals surface area contributed by atoms with Gasteiger partial charge < -0.3 is 20.1 Å². The third-order valence-corrected chi connectivity index (χ3v) is 4.48. The van der Waals surface area contributed by atoms with Crippen LogP contribution in [0.15, 0.2) is 66.7 Å². The molecule has 0 saturated carbocycles. The SMILES string of the molecule is COc1ccccc1OCC(=O)Nc1ccc(Nc2cccc(C)c2C)cc1. The number of carbonyl (C=O) groups excluding carboxylic acids is 1. The third kappa shape index (κ3) is 4.82. The van der Waals surface area contributed by atoms with Crippen molar-refractivity contribution in [2.75, 3.05) is 24.4 Å². The Labute approximate surface area is 165 Å². The molecule has 3 aromatic rings. The number of methoxy groups -OCH3 is 1. The fourth-order valence-corrected chi connectivity index (χ4v) is 2.76. The topological polar surface area (TPSA) is 59.6 Å². The molecule has 2 N–H and O–H groups in total. The predicted octanol–water partition coefficient (Wildman–Crippen LogP) is 5.07. The van der Waals surface area contributed by atoms with Crippen LogP contribution in [0.2, 0.25) is 0 Å². The monoisotopic (exact) mass is 376 g/mol. The van der Waals surface area contributed by atoms with Crippen molar-refractivity contribution in [2.45, 2.75) is 13.8 Å². The van der Waals surface area contributed by atoms with Crippen LogP contribution in [0.1, 0.15) is 11.1 Å². The van der Waals surface area contributed by atoms with Gasteiger partial charge in [0.2, 0.25) is 0 Å². The van der Waals surface area contributed by atoms with Gasteiger partial charge in [0.1, 0.15) is 0 Å². The standard InChI is InChI=1S/C23H24N2O3/c1-16-7-6-8-20(17(16)2)24-18-11-13-19(14-12-18)25-23(26)15-28-22-10-5-4-9-21(22)27-3/h4-14,24H,15H2,1-3H3,(H,25,26). The second-order valence-electron chi connectivity index (χ2n) is 6.44. The third-order valence-electron chi connectivity index (χ3n) is 4.48. The van der Waals surface area contributed by atoms with Crippen molar-refractivity contribution in [3.63, 3.8) is 0 Å². The molecule has 0 aliphatic rings.